The maximum absolute atomic E-state index is 12.6. The highest BCUT2D eigenvalue weighted by atomic mass is 35.5. The molecular formula is C15H17ClOS2. The zero-order valence-corrected chi connectivity index (χ0v) is 13.7. The van der Waals surface area contributed by atoms with E-state index in [1.165, 1.54) is 0 Å². The van der Waals surface area contributed by atoms with E-state index in [2.05, 4.69) is 13.8 Å². The molecule has 2 rings (SSSR count). The predicted molar refractivity (Wildman–Crippen MR) is 87.2 cm³/mol. The number of halogens is 1. The number of hydrogen-bond acceptors (Lipinski definition) is 3. The van der Waals surface area contributed by atoms with Gasteiger partial charge in [0.1, 0.15) is 0 Å². The summed E-state index contributed by atoms with van der Waals surface area (Å²) in [5.74, 6) is 0.143. The largest absolute Gasteiger partial charge is 0.289 e. The first-order chi connectivity index (χ1) is 8.93. The van der Waals surface area contributed by atoms with Crippen molar-refractivity contribution in [1.82, 2.24) is 0 Å². The van der Waals surface area contributed by atoms with Gasteiger partial charge in [0, 0.05) is 25.1 Å². The molecule has 0 unspecified atom stereocenters. The van der Waals surface area contributed by atoms with Crippen molar-refractivity contribution in [1.29, 1.82) is 0 Å². The summed E-state index contributed by atoms with van der Waals surface area (Å²) in [7, 11) is 0. The van der Waals surface area contributed by atoms with E-state index in [1.54, 1.807) is 36.0 Å². The Bertz CT molecular complexity index is 517. The van der Waals surface area contributed by atoms with Gasteiger partial charge >= 0.3 is 0 Å². The van der Waals surface area contributed by atoms with Crippen LogP contribution in [0, 0.1) is 0 Å². The molecule has 0 bridgehead atoms. The average Bonchev–Trinajstić information content (AvgIpc) is 2.38. The maximum atomic E-state index is 12.6. The van der Waals surface area contributed by atoms with Gasteiger partial charge in [0.2, 0.25) is 0 Å². The molecule has 1 aliphatic rings. The van der Waals surface area contributed by atoms with Gasteiger partial charge in [-0.25, -0.2) is 0 Å². The van der Waals surface area contributed by atoms with Gasteiger partial charge in [-0.15, -0.1) is 23.5 Å². The van der Waals surface area contributed by atoms with E-state index in [0.29, 0.717) is 5.02 Å². The summed E-state index contributed by atoms with van der Waals surface area (Å²) in [6.45, 7) is 4.47. The zero-order valence-electron chi connectivity index (χ0n) is 11.3. The quantitative estimate of drug-likeness (QED) is 0.695. The molecule has 0 saturated heterocycles. The van der Waals surface area contributed by atoms with Crippen molar-refractivity contribution in [3.8, 4) is 0 Å². The van der Waals surface area contributed by atoms with E-state index >= 15 is 0 Å². The summed E-state index contributed by atoms with van der Waals surface area (Å²) < 4.78 is 1.39. The summed E-state index contributed by atoms with van der Waals surface area (Å²) in [5.41, 5.74) is 1.69. The second-order valence-electron chi connectivity index (χ2n) is 5.17. The van der Waals surface area contributed by atoms with Crippen molar-refractivity contribution < 1.29 is 4.79 Å². The molecule has 0 aliphatic carbocycles. The van der Waals surface area contributed by atoms with Gasteiger partial charge in [0.15, 0.2) is 5.78 Å². The highest BCUT2D eigenvalue weighted by Crippen LogP contribution is 2.47. The van der Waals surface area contributed by atoms with Gasteiger partial charge < -0.3 is 0 Å². The van der Waals surface area contributed by atoms with Gasteiger partial charge in [0.05, 0.1) is 0 Å². The molecule has 19 heavy (non-hydrogen) atoms. The standard InChI is InChI=1S/C15H17ClOS2/c1-15(2)9-8-12(14(18-3)19-15)13(17)10-4-6-11(16)7-5-10/h4-7H,8-9H2,1-3H3. The van der Waals surface area contributed by atoms with Crippen LogP contribution in [-0.2, 0) is 0 Å². The number of hydrogen-bond donors (Lipinski definition) is 0. The van der Waals surface area contributed by atoms with E-state index in [0.717, 1.165) is 28.2 Å². The van der Waals surface area contributed by atoms with E-state index in [9.17, 15) is 4.79 Å². The second-order valence-corrected chi connectivity index (χ2v) is 8.40. The lowest BCUT2D eigenvalue weighted by Gasteiger charge is -2.31. The Hall–Kier alpha value is -0.380. The summed E-state index contributed by atoms with van der Waals surface area (Å²) in [5, 5.41) is 0.662. The molecule has 0 N–H and O–H groups in total. The molecule has 0 spiro atoms. The first-order valence-corrected chi connectivity index (χ1v) is 8.61. The van der Waals surface area contributed by atoms with Crippen LogP contribution in [0.15, 0.2) is 34.1 Å². The molecular weight excluding hydrogens is 296 g/mol. The molecule has 0 aromatic heterocycles. The van der Waals surface area contributed by atoms with Crippen LogP contribution in [0.3, 0.4) is 0 Å². The summed E-state index contributed by atoms with van der Waals surface area (Å²) in [6, 6.07) is 7.15. The third kappa shape index (κ3) is 3.59. The molecule has 0 atom stereocenters. The third-order valence-electron chi connectivity index (χ3n) is 3.16. The van der Waals surface area contributed by atoms with Gasteiger partial charge in [-0.2, -0.15) is 0 Å². The third-order valence-corrected chi connectivity index (χ3v) is 5.97. The molecule has 4 heteroatoms. The topological polar surface area (TPSA) is 17.1 Å². The van der Waals surface area contributed by atoms with Crippen molar-refractivity contribution in [3.05, 3.63) is 44.7 Å². The Morgan fingerprint density at radius 1 is 1.32 bits per heavy atom. The molecule has 0 radical (unpaired) electrons. The molecule has 1 nitrogen and oxygen atoms in total. The average molecular weight is 313 g/mol. The minimum Gasteiger partial charge on any atom is -0.289 e. The van der Waals surface area contributed by atoms with Crippen molar-refractivity contribution in [2.45, 2.75) is 31.4 Å². The van der Waals surface area contributed by atoms with E-state index in [1.807, 2.05) is 18.0 Å². The van der Waals surface area contributed by atoms with E-state index in [4.69, 9.17) is 11.6 Å². The molecule has 1 heterocycles. The Balaban J connectivity index is 2.32. The lowest BCUT2D eigenvalue weighted by molar-refractivity contribution is 0.103. The fraction of sp³-hybridized carbons (Fsp3) is 0.400. The SMILES string of the molecule is CSC1=C(C(=O)c2ccc(Cl)cc2)CCC(C)(C)S1. The molecule has 0 fully saturated rings. The molecule has 1 aromatic rings. The fourth-order valence-corrected chi connectivity index (χ4v) is 4.64. The van der Waals surface area contributed by atoms with Crippen LogP contribution in [0.2, 0.25) is 5.02 Å². The van der Waals surface area contributed by atoms with Crippen LogP contribution in [0.1, 0.15) is 37.0 Å². The van der Waals surface area contributed by atoms with E-state index < -0.39 is 0 Å². The molecule has 102 valence electrons. The monoisotopic (exact) mass is 312 g/mol. The van der Waals surface area contributed by atoms with Crippen LogP contribution in [0.5, 0.6) is 0 Å². The van der Waals surface area contributed by atoms with Crippen LogP contribution in [0.25, 0.3) is 0 Å². The number of Topliss-reactive ketones (excluding diaryl/α,β-unsaturated/α-hetero) is 1. The maximum Gasteiger partial charge on any atom is 0.190 e. The number of ketones is 1. The highest BCUT2D eigenvalue weighted by Gasteiger charge is 2.30. The van der Waals surface area contributed by atoms with Crippen molar-refractivity contribution >= 4 is 40.9 Å². The lowest BCUT2D eigenvalue weighted by atomic mass is 9.96. The fourth-order valence-electron chi connectivity index (χ4n) is 2.04. The van der Waals surface area contributed by atoms with E-state index in [-0.39, 0.29) is 10.5 Å². The predicted octanol–water partition coefficient (Wildman–Crippen LogP) is 5.40. The molecule has 1 aromatic carbocycles. The Morgan fingerprint density at radius 2 is 1.95 bits per heavy atom. The summed E-state index contributed by atoms with van der Waals surface area (Å²) in [4.78, 5) is 12.6. The van der Waals surface area contributed by atoms with Gasteiger partial charge in [-0.3, -0.25) is 4.79 Å². The van der Waals surface area contributed by atoms with Crippen LogP contribution < -0.4 is 0 Å². The number of thioether (sulfide) groups is 2. The number of carbonyl (C=O) groups excluding carboxylic acids is 1. The Labute approximate surface area is 128 Å². The Morgan fingerprint density at radius 3 is 2.53 bits per heavy atom. The molecule has 0 saturated carbocycles. The number of rotatable bonds is 3. The first-order valence-electron chi connectivity index (χ1n) is 6.19. The number of carbonyl (C=O) groups is 1. The van der Waals surface area contributed by atoms with Gasteiger partial charge in [-0.1, -0.05) is 25.4 Å². The van der Waals surface area contributed by atoms with Gasteiger partial charge in [0.25, 0.3) is 0 Å². The Kier molecular flexibility index (Phi) is 4.70. The molecule has 1 aliphatic heterocycles. The smallest absolute Gasteiger partial charge is 0.190 e. The summed E-state index contributed by atoms with van der Waals surface area (Å²) in [6.07, 6.45) is 3.94. The number of allylic oxidation sites excluding steroid dienone is 1. The van der Waals surface area contributed by atoms with Crippen molar-refractivity contribution in [2.75, 3.05) is 6.26 Å². The van der Waals surface area contributed by atoms with Crippen LogP contribution in [0.4, 0.5) is 0 Å². The zero-order chi connectivity index (χ0) is 14.0. The normalized spacial score (nSPS) is 18.5. The first kappa shape index (κ1) is 15.0. The highest BCUT2D eigenvalue weighted by molar-refractivity contribution is 8.22. The minimum absolute atomic E-state index is 0.143. The second kappa shape index (κ2) is 5.94. The van der Waals surface area contributed by atoms with Crippen molar-refractivity contribution in [2.24, 2.45) is 0 Å². The number of benzene rings is 1. The van der Waals surface area contributed by atoms with Gasteiger partial charge in [-0.05, 0) is 43.4 Å². The van der Waals surface area contributed by atoms with Crippen molar-refractivity contribution in [3.63, 3.8) is 0 Å². The van der Waals surface area contributed by atoms with Crippen LogP contribution >= 0.6 is 35.1 Å². The lowest BCUT2D eigenvalue weighted by Crippen LogP contribution is -2.21. The molecule has 0 amide bonds. The van der Waals surface area contributed by atoms with Crippen LogP contribution in [-0.4, -0.2) is 16.8 Å². The summed E-state index contributed by atoms with van der Waals surface area (Å²) >= 11 is 9.36. The minimum atomic E-state index is 0.143.